The highest BCUT2D eigenvalue weighted by molar-refractivity contribution is 5.23. The summed E-state index contributed by atoms with van der Waals surface area (Å²) in [7, 11) is 3.94. The standard InChI is InChI=1S/C18H29NO/c1-14-8-7-9-15(12-14)13-17(19-2)18(20-3)16-10-5-4-6-11-16/h7-9,12,16-19H,4-6,10-11,13H2,1-3H3. The monoisotopic (exact) mass is 275 g/mol. The predicted octanol–water partition coefficient (Wildman–Crippen LogP) is 3.72. The van der Waals surface area contributed by atoms with E-state index in [0.29, 0.717) is 12.1 Å². The Morgan fingerprint density at radius 3 is 2.60 bits per heavy atom. The second-order valence-corrected chi connectivity index (χ2v) is 6.19. The minimum absolute atomic E-state index is 0.334. The molecule has 0 radical (unpaired) electrons. The summed E-state index contributed by atoms with van der Waals surface area (Å²) < 4.78 is 5.88. The molecule has 0 amide bonds. The first-order chi connectivity index (χ1) is 9.74. The number of benzene rings is 1. The topological polar surface area (TPSA) is 21.3 Å². The van der Waals surface area contributed by atoms with Crippen LogP contribution in [0.1, 0.15) is 43.2 Å². The maximum atomic E-state index is 5.88. The second kappa shape index (κ2) is 7.80. The smallest absolute Gasteiger partial charge is 0.0755 e. The molecule has 0 spiro atoms. The molecule has 1 aliphatic carbocycles. The van der Waals surface area contributed by atoms with Gasteiger partial charge in [-0.05, 0) is 44.7 Å². The van der Waals surface area contributed by atoms with Crippen molar-refractivity contribution in [2.75, 3.05) is 14.2 Å². The van der Waals surface area contributed by atoms with Gasteiger partial charge in [-0.2, -0.15) is 0 Å². The average Bonchev–Trinajstić information content (AvgIpc) is 2.48. The van der Waals surface area contributed by atoms with E-state index < -0.39 is 0 Å². The van der Waals surface area contributed by atoms with Crippen LogP contribution in [-0.4, -0.2) is 26.3 Å². The lowest BCUT2D eigenvalue weighted by Crippen LogP contribution is -2.45. The van der Waals surface area contributed by atoms with E-state index in [9.17, 15) is 0 Å². The van der Waals surface area contributed by atoms with E-state index >= 15 is 0 Å². The van der Waals surface area contributed by atoms with Crippen LogP contribution >= 0.6 is 0 Å². The summed E-state index contributed by atoms with van der Waals surface area (Å²) in [5.41, 5.74) is 2.74. The molecule has 1 saturated carbocycles. The number of ether oxygens (including phenoxy) is 1. The zero-order chi connectivity index (χ0) is 14.4. The van der Waals surface area contributed by atoms with Gasteiger partial charge in [-0.3, -0.25) is 0 Å². The van der Waals surface area contributed by atoms with Gasteiger partial charge >= 0.3 is 0 Å². The third-order valence-corrected chi connectivity index (χ3v) is 4.69. The fourth-order valence-corrected chi connectivity index (χ4v) is 3.62. The lowest BCUT2D eigenvalue weighted by Gasteiger charge is -2.35. The molecule has 0 aliphatic heterocycles. The summed E-state index contributed by atoms with van der Waals surface area (Å²) in [6, 6.07) is 9.24. The summed E-state index contributed by atoms with van der Waals surface area (Å²) in [5.74, 6) is 0.719. The van der Waals surface area contributed by atoms with E-state index in [1.165, 1.54) is 43.2 Å². The van der Waals surface area contributed by atoms with Crippen LogP contribution < -0.4 is 5.32 Å². The minimum Gasteiger partial charge on any atom is -0.380 e. The van der Waals surface area contributed by atoms with Crippen molar-refractivity contribution in [1.82, 2.24) is 5.32 Å². The van der Waals surface area contributed by atoms with E-state index in [1.54, 1.807) is 0 Å². The van der Waals surface area contributed by atoms with Crippen molar-refractivity contribution in [3.05, 3.63) is 35.4 Å². The Morgan fingerprint density at radius 1 is 1.25 bits per heavy atom. The molecule has 2 rings (SSSR count). The molecule has 0 heterocycles. The van der Waals surface area contributed by atoms with Crippen LogP contribution in [0.15, 0.2) is 24.3 Å². The number of hydrogen-bond acceptors (Lipinski definition) is 2. The number of rotatable bonds is 6. The Hall–Kier alpha value is -0.860. The first-order valence-electron chi connectivity index (χ1n) is 8.00. The van der Waals surface area contributed by atoms with Gasteiger partial charge in [0.05, 0.1) is 6.10 Å². The molecule has 2 heteroatoms. The number of aryl methyl sites for hydroxylation is 1. The first kappa shape index (κ1) is 15.5. The van der Waals surface area contributed by atoms with Crippen molar-refractivity contribution in [1.29, 1.82) is 0 Å². The number of methoxy groups -OCH3 is 1. The molecule has 0 bridgehead atoms. The zero-order valence-corrected chi connectivity index (χ0v) is 13.2. The molecule has 20 heavy (non-hydrogen) atoms. The van der Waals surface area contributed by atoms with Gasteiger partial charge in [0, 0.05) is 13.2 Å². The van der Waals surface area contributed by atoms with Crippen molar-refractivity contribution in [2.24, 2.45) is 5.92 Å². The quantitative estimate of drug-likeness (QED) is 0.854. The first-order valence-corrected chi connectivity index (χ1v) is 8.00. The lowest BCUT2D eigenvalue weighted by molar-refractivity contribution is 0.0101. The average molecular weight is 275 g/mol. The minimum atomic E-state index is 0.334. The highest BCUT2D eigenvalue weighted by Crippen LogP contribution is 2.30. The summed E-state index contributed by atoms with van der Waals surface area (Å²) >= 11 is 0. The zero-order valence-electron chi connectivity index (χ0n) is 13.2. The number of hydrogen-bond donors (Lipinski definition) is 1. The Balaban J connectivity index is 2.04. The third-order valence-electron chi connectivity index (χ3n) is 4.69. The van der Waals surface area contributed by atoms with Crippen molar-refractivity contribution < 1.29 is 4.74 Å². The van der Waals surface area contributed by atoms with Crippen molar-refractivity contribution in [3.8, 4) is 0 Å². The molecule has 0 saturated heterocycles. The Labute approximate surface area is 123 Å². The van der Waals surface area contributed by atoms with Crippen molar-refractivity contribution in [2.45, 2.75) is 57.6 Å². The molecule has 1 N–H and O–H groups in total. The van der Waals surface area contributed by atoms with Crippen LogP contribution in [0.3, 0.4) is 0 Å². The van der Waals surface area contributed by atoms with Crippen LogP contribution in [0.2, 0.25) is 0 Å². The molecule has 1 fully saturated rings. The summed E-state index contributed by atoms with van der Waals surface area (Å²) in [6.45, 7) is 2.16. The molecule has 1 aromatic carbocycles. The molecule has 1 aliphatic rings. The molecule has 2 unspecified atom stereocenters. The van der Waals surface area contributed by atoms with Gasteiger partial charge in [-0.1, -0.05) is 49.1 Å². The van der Waals surface area contributed by atoms with Crippen LogP contribution in [0.25, 0.3) is 0 Å². The van der Waals surface area contributed by atoms with Gasteiger partial charge in [-0.15, -0.1) is 0 Å². The van der Waals surface area contributed by atoms with Gasteiger partial charge in [0.15, 0.2) is 0 Å². The van der Waals surface area contributed by atoms with Crippen LogP contribution in [0, 0.1) is 12.8 Å². The van der Waals surface area contributed by atoms with E-state index in [1.807, 2.05) is 7.11 Å². The van der Waals surface area contributed by atoms with Gasteiger partial charge in [0.2, 0.25) is 0 Å². The Morgan fingerprint density at radius 2 is 2.00 bits per heavy atom. The molecular formula is C18H29NO. The molecule has 2 nitrogen and oxygen atoms in total. The van der Waals surface area contributed by atoms with Crippen LogP contribution in [0.4, 0.5) is 0 Å². The number of nitrogens with one attached hydrogen (secondary N) is 1. The molecule has 2 atom stereocenters. The van der Waals surface area contributed by atoms with Crippen molar-refractivity contribution >= 4 is 0 Å². The molecular weight excluding hydrogens is 246 g/mol. The number of likely N-dealkylation sites (N-methyl/N-ethyl adjacent to an activating group) is 1. The van der Waals surface area contributed by atoms with E-state index in [2.05, 4.69) is 43.6 Å². The van der Waals surface area contributed by atoms with Crippen molar-refractivity contribution in [3.63, 3.8) is 0 Å². The highest BCUT2D eigenvalue weighted by atomic mass is 16.5. The lowest BCUT2D eigenvalue weighted by atomic mass is 9.81. The summed E-state index contributed by atoms with van der Waals surface area (Å²) in [6.07, 6.45) is 8.16. The maximum Gasteiger partial charge on any atom is 0.0755 e. The SMILES string of the molecule is CNC(Cc1cccc(C)c1)C(OC)C1CCCCC1. The fraction of sp³-hybridized carbons (Fsp3) is 0.667. The predicted molar refractivity (Wildman–Crippen MR) is 85.1 cm³/mol. The Bertz CT molecular complexity index is 398. The highest BCUT2D eigenvalue weighted by Gasteiger charge is 2.29. The maximum absolute atomic E-state index is 5.88. The molecule has 112 valence electrons. The van der Waals surface area contributed by atoms with Gasteiger partial charge in [-0.25, -0.2) is 0 Å². The van der Waals surface area contributed by atoms with E-state index in [-0.39, 0.29) is 0 Å². The second-order valence-electron chi connectivity index (χ2n) is 6.19. The van der Waals surface area contributed by atoms with Crippen LogP contribution in [-0.2, 0) is 11.2 Å². The summed E-state index contributed by atoms with van der Waals surface area (Å²) in [5, 5.41) is 3.49. The van der Waals surface area contributed by atoms with E-state index in [4.69, 9.17) is 4.74 Å². The fourth-order valence-electron chi connectivity index (χ4n) is 3.62. The third kappa shape index (κ3) is 4.07. The van der Waals surface area contributed by atoms with Gasteiger partial charge in [0.25, 0.3) is 0 Å². The van der Waals surface area contributed by atoms with Gasteiger partial charge in [0.1, 0.15) is 0 Å². The largest absolute Gasteiger partial charge is 0.380 e. The Kier molecular flexibility index (Phi) is 6.06. The van der Waals surface area contributed by atoms with E-state index in [0.717, 1.165) is 12.3 Å². The molecule has 0 aromatic heterocycles. The van der Waals surface area contributed by atoms with Crippen LogP contribution in [0.5, 0.6) is 0 Å². The summed E-state index contributed by atoms with van der Waals surface area (Å²) in [4.78, 5) is 0. The molecule has 1 aromatic rings. The normalized spacial score (nSPS) is 19.8. The van der Waals surface area contributed by atoms with Gasteiger partial charge < -0.3 is 10.1 Å².